The van der Waals surface area contributed by atoms with Crippen LogP contribution in [0, 0.1) is 5.92 Å². The predicted octanol–water partition coefficient (Wildman–Crippen LogP) is 3.29. The van der Waals surface area contributed by atoms with Gasteiger partial charge in [-0.3, -0.25) is 9.59 Å². The summed E-state index contributed by atoms with van der Waals surface area (Å²) in [7, 11) is 0. The van der Waals surface area contributed by atoms with E-state index in [9.17, 15) is 14.7 Å². The molecule has 1 aromatic carbocycles. The first-order valence-electron chi connectivity index (χ1n) is 8.39. The van der Waals surface area contributed by atoms with Crippen LogP contribution in [-0.2, 0) is 4.79 Å². The topological polar surface area (TPSA) is 84.2 Å². The Morgan fingerprint density at radius 3 is 2.80 bits per heavy atom. The number of nitrogens with zero attached hydrogens (tertiary/aromatic N) is 2. The Bertz CT molecular complexity index is 774. The quantitative estimate of drug-likeness (QED) is 0.818. The molecule has 0 bridgehead atoms. The van der Waals surface area contributed by atoms with Crippen LogP contribution in [0.1, 0.15) is 42.5 Å². The van der Waals surface area contributed by atoms with Gasteiger partial charge in [0.2, 0.25) is 0 Å². The lowest BCUT2D eigenvalue weighted by Gasteiger charge is -2.22. The molecular weight excluding hydrogens is 342 g/mol. The molecular formula is C18H20ClN3O3. The number of hydrogen-bond donors (Lipinski definition) is 2. The molecule has 0 radical (unpaired) electrons. The highest BCUT2D eigenvalue weighted by atomic mass is 35.5. The molecule has 25 heavy (non-hydrogen) atoms. The van der Waals surface area contributed by atoms with Crippen molar-refractivity contribution in [1.82, 2.24) is 15.1 Å². The van der Waals surface area contributed by atoms with E-state index in [0.29, 0.717) is 23.4 Å². The van der Waals surface area contributed by atoms with Gasteiger partial charge in [-0.2, -0.15) is 5.10 Å². The maximum atomic E-state index is 12.5. The lowest BCUT2D eigenvalue weighted by Crippen LogP contribution is -2.42. The maximum absolute atomic E-state index is 12.5. The number of nitrogens with one attached hydrogen (secondary N) is 1. The zero-order valence-electron chi connectivity index (χ0n) is 13.7. The third-order valence-electron chi connectivity index (χ3n) is 4.57. The second kappa shape index (κ2) is 7.70. The maximum Gasteiger partial charge on any atom is 0.308 e. The van der Waals surface area contributed by atoms with E-state index >= 15 is 0 Å². The zero-order chi connectivity index (χ0) is 17.8. The summed E-state index contributed by atoms with van der Waals surface area (Å²) in [6, 6.07) is 6.82. The summed E-state index contributed by atoms with van der Waals surface area (Å²) in [4.78, 5) is 24.0. The van der Waals surface area contributed by atoms with Gasteiger partial charge in [0.1, 0.15) is 0 Å². The monoisotopic (exact) mass is 361 g/mol. The Morgan fingerprint density at radius 2 is 2.04 bits per heavy atom. The molecule has 7 heteroatoms. The molecule has 1 heterocycles. The standard InChI is InChI=1S/C18H20ClN3O3/c19-13-5-4-6-14(9-13)22-11-12(10-20-22)17(23)21-16-8-3-1-2-7-15(16)18(24)25/h4-6,9-11,15-16H,1-3,7-8H2,(H,21,23)(H,24,25)/t15-,16+/m1/s1. The number of carbonyl (C=O) groups is 2. The molecule has 1 amide bonds. The van der Waals surface area contributed by atoms with E-state index in [1.807, 2.05) is 12.1 Å². The van der Waals surface area contributed by atoms with Crippen molar-refractivity contribution in [1.29, 1.82) is 0 Å². The van der Waals surface area contributed by atoms with Crippen LogP contribution in [0.3, 0.4) is 0 Å². The summed E-state index contributed by atoms with van der Waals surface area (Å²) >= 11 is 5.98. The number of hydrogen-bond acceptors (Lipinski definition) is 3. The Kier molecular flexibility index (Phi) is 5.38. The van der Waals surface area contributed by atoms with Crippen LogP contribution in [0.2, 0.25) is 5.02 Å². The highest BCUT2D eigenvalue weighted by Gasteiger charge is 2.31. The second-order valence-corrected chi connectivity index (χ2v) is 6.75. The van der Waals surface area contributed by atoms with Crippen molar-refractivity contribution in [3.8, 4) is 5.69 Å². The Hall–Kier alpha value is -2.34. The summed E-state index contributed by atoms with van der Waals surface area (Å²) in [6.45, 7) is 0. The minimum atomic E-state index is -0.846. The lowest BCUT2D eigenvalue weighted by molar-refractivity contribution is -0.142. The molecule has 0 saturated heterocycles. The van der Waals surface area contributed by atoms with Crippen LogP contribution in [-0.4, -0.2) is 32.8 Å². The van der Waals surface area contributed by atoms with Crippen LogP contribution < -0.4 is 5.32 Å². The molecule has 0 unspecified atom stereocenters. The van der Waals surface area contributed by atoms with E-state index in [0.717, 1.165) is 24.9 Å². The van der Waals surface area contributed by atoms with E-state index in [2.05, 4.69) is 10.4 Å². The number of aromatic nitrogens is 2. The van der Waals surface area contributed by atoms with Gasteiger partial charge in [0.05, 0.1) is 23.4 Å². The van der Waals surface area contributed by atoms with Crippen molar-refractivity contribution in [3.05, 3.63) is 47.2 Å². The minimum absolute atomic E-state index is 0.300. The van der Waals surface area contributed by atoms with Crippen molar-refractivity contribution < 1.29 is 14.7 Å². The SMILES string of the molecule is O=C(N[C@H]1CCCCC[C@H]1C(=O)O)c1cnn(-c2cccc(Cl)c2)c1. The van der Waals surface area contributed by atoms with Crippen LogP contribution in [0.4, 0.5) is 0 Å². The number of amides is 1. The van der Waals surface area contributed by atoms with Crippen molar-refractivity contribution in [2.45, 2.75) is 38.1 Å². The van der Waals surface area contributed by atoms with Crippen LogP contribution in [0.25, 0.3) is 5.69 Å². The number of carbonyl (C=O) groups excluding carboxylic acids is 1. The van der Waals surface area contributed by atoms with E-state index in [1.165, 1.54) is 6.20 Å². The largest absolute Gasteiger partial charge is 0.481 e. The van der Waals surface area contributed by atoms with Gasteiger partial charge < -0.3 is 10.4 Å². The molecule has 132 valence electrons. The van der Waals surface area contributed by atoms with E-state index in [1.54, 1.807) is 23.0 Å². The van der Waals surface area contributed by atoms with Gasteiger partial charge >= 0.3 is 5.97 Å². The molecule has 1 aliphatic carbocycles. The number of aliphatic carboxylic acids is 1. The van der Waals surface area contributed by atoms with Gasteiger partial charge in [0.25, 0.3) is 5.91 Å². The van der Waals surface area contributed by atoms with Crippen molar-refractivity contribution in [2.24, 2.45) is 5.92 Å². The van der Waals surface area contributed by atoms with Gasteiger partial charge in [0, 0.05) is 17.3 Å². The number of rotatable bonds is 4. The lowest BCUT2D eigenvalue weighted by atomic mass is 9.94. The number of carboxylic acid groups (broad SMARTS) is 1. The van der Waals surface area contributed by atoms with Crippen molar-refractivity contribution in [3.63, 3.8) is 0 Å². The van der Waals surface area contributed by atoms with Gasteiger partial charge in [-0.25, -0.2) is 4.68 Å². The first-order valence-corrected chi connectivity index (χ1v) is 8.76. The molecule has 6 nitrogen and oxygen atoms in total. The van der Waals surface area contributed by atoms with Gasteiger partial charge in [0.15, 0.2) is 0 Å². The molecule has 2 N–H and O–H groups in total. The highest BCUT2D eigenvalue weighted by Crippen LogP contribution is 2.24. The van der Waals surface area contributed by atoms with Crippen molar-refractivity contribution in [2.75, 3.05) is 0 Å². The average molecular weight is 362 g/mol. The fourth-order valence-electron chi connectivity index (χ4n) is 3.23. The Balaban J connectivity index is 1.74. The average Bonchev–Trinajstić information content (AvgIpc) is 2.96. The number of halogens is 1. The number of benzene rings is 1. The summed E-state index contributed by atoms with van der Waals surface area (Å²) < 4.78 is 1.57. The Labute approximate surface area is 150 Å². The smallest absolute Gasteiger partial charge is 0.308 e. The molecule has 0 aliphatic heterocycles. The summed E-state index contributed by atoms with van der Waals surface area (Å²) in [6.07, 6.45) is 7.19. The fourth-order valence-corrected chi connectivity index (χ4v) is 3.41. The molecule has 1 saturated carbocycles. The Morgan fingerprint density at radius 1 is 1.24 bits per heavy atom. The first-order chi connectivity index (χ1) is 12.0. The highest BCUT2D eigenvalue weighted by molar-refractivity contribution is 6.30. The van der Waals surface area contributed by atoms with Gasteiger partial charge in [-0.15, -0.1) is 0 Å². The predicted molar refractivity (Wildman–Crippen MR) is 94.0 cm³/mol. The van der Waals surface area contributed by atoms with Crippen LogP contribution >= 0.6 is 11.6 Å². The third kappa shape index (κ3) is 4.20. The molecule has 1 fully saturated rings. The van der Waals surface area contributed by atoms with Gasteiger partial charge in [-0.05, 0) is 31.0 Å². The molecule has 2 atom stereocenters. The molecule has 1 aliphatic rings. The summed E-state index contributed by atoms with van der Waals surface area (Å²) in [5, 5.41) is 17.1. The van der Waals surface area contributed by atoms with E-state index in [-0.39, 0.29) is 11.9 Å². The minimum Gasteiger partial charge on any atom is -0.481 e. The molecule has 2 aromatic rings. The van der Waals surface area contributed by atoms with E-state index < -0.39 is 11.9 Å². The molecule has 1 aromatic heterocycles. The van der Waals surface area contributed by atoms with Gasteiger partial charge in [-0.1, -0.05) is 36.9 Å². The first kappa shape index (κ1) is 17.5. The van der Waals surface area contributed by atoms with Crippen LogP contribution in [0.5, 0.6) is 0 Å². The zero-order valence-corrected chi connectivity index (χ0v) is 14.4. The van der Waals surface area contributed by atoms with Crippen LogP contribution in [0.15, 0.2) is 36.7 Å². The molecule has 3 rings (SSSR count). The summed E-state index contributed by atoms with van der Waals surface area (Å²) in [5.41, 5.74) is 1.15. The fraction of sp³-hybridized carbons (Fsp3) is 0.389. The van der Waals surface area contributed by atoms with Crippen molar-refractivity contribution >= 4 is 23.5 Å². The second-order valence-electron chi connectivity index (χ2n) is 6.32. The van der Waals surface area contributed by atoms with E-state index in [4.69, 9.17) is 11.6 Å². The molecule has 0 spiro atoms. The normalized spacial score (nSPS) is 20.7. The number of carboxylic acids is 1. The third-order valence-corrected chi connectivity index (χ3v) is 4.80. The summed E-state index contributed by atoms with van der Waals surface area (Å²) in [5.74, 6) is -1.68.